The maximum Gasteiger partial charge on any atom is 0.152 e. The maximum absolute atomic E-state index is 10.9. The van der Waals surface area contributed by atoms with Gasteiger partial charge in [-0.15, -0.1) is 0 Å². The number of aliphatic hydroxyl groups excluding tert-OH is 1. The van der Waals surface area contributed by atoms with E-state index in [1.54, 1.807) is 24.8 Å². The molecule has 0 amide bonds. The number of para-hydroxylation sites is 1. The first kappa shape index (κ1) is 17.9. The Bertz CT molecular complexity index is 969. The summed E-state index contributed by atoms with van der Waals surface area (Å²) in [4.78, 5) is 8.46. The van der Waals surface area contributed by atoms with E-state index in [9.17, 15) is 5.11 Å². The number of rotatable bonds is 6. The van der Waals surface area contributed by atoms with Gasteiger partial charge in [0.1, 0.15) is 11.9 Å². The van der Waals surface area contributed by atoms with Crippen molar-refractivity contribution in [3.63, 3.8) is 0 Å². The molecule has 0 fully saturated rings. The second-order valence-corrected chi connectivity index (χ2v) is 6.42. The summed E-state index contributed by atoms with van der Waals surface area (Å²) in [5.74, 6) is 0.622. The van der Waals surface area contributed by atoms with Gasteiger partial charge in [-0.25, -0.2) is 0 Å². The van der Waals surface area contributed by atoms with Crippen molar-refractivity contribution in [1.82, 2.24) is 9.97 Å². The van der Waals surface area contributed by atoms with Crippen molar-refractivity contribution in [3.05, 3.63) is 126 Å². The zero-order valence-corrected chi connectivity index (χ0v) is 15.2. The van der Waals surface area contributed by atoms with Crippen LogP contribution in [-0.4, -0.2) is 15.1 Å². The van der Waals surface area contributed by atoms with Gasteiger partial charge in [0, 0.05) is 41.5 Å². The first-order chi connectivity index (χ1) is 13.8. The molecule has 0 aliphatic heterocycles. The Balaban J connectivity index is 1.72. The Morgan fingerprint density at radius 2 is 1.21 bits per heavy atom. The fourth-order valence-electron chi connectivity index (χ4n) is 3.15. The average Bonchev–Trinajstić information content (AvgIpc) is 2.79. The number of hydrogen-bond acceptors (Lipinski definition) is 4. The van der Waals surface area contributed by atoms with Gasteiger partial charge >= 0.3 is 0 Å². The molecule has 4 heteroatoms. The second kappa shape index (κ2) is 8.46. The summed E-state index contributed by atoms with van der Waals surface area (Å²) in [5, 5.41) is 10.9. The van der Waals surface area contributed by atoms with E-state index in [1.807, 2.05) is 78.9 Å². The van der Waals surface area contributed by atoms with Crippen LogP contribution in [0, 0.1) is 0 Å². The quantitative estimate of drug-likeness (QED) is 0.535. The molecule has 0 spiro atoms. The van der Waals surface area contributed by atoms with Gasteiger partial charge < -0.3 is 9.84 Å². The third-order valence-corrected chi connectivity index (χ3v) is 4.55. The van der Waals surface area contributed by atoms with Gasteiger partial charge in [-0.05, 0) is 23.8 Å². The van der Waals surface area contributed by atoms with Crippen LogP contribution in [0.5, 0.6) is 5.75 Å². The molecule has 28 heavy (non-hydrogen) atoms. The highest BCUT2D eigenvalue weighted by Crippen LogP contribution is 2.34. The number of aromatic nitrogens is 2. The van der Waals surface area contributed by atoms with Crippen LogP contribution in [0.25, 0.3) is 0 Å². The Hall–Kier alpha value is -3.50. The number of benzene rings is 2. The number of aliphatic hydroxyl groups is 1. The summed E-state index contributed by atoms with van der Waals surface area (Å²) in [6.07, 6.45) is 5.88. The monoisotopic (exact) mass is 368 g/mol. The molecule has 0 aliphatic carbocycles. The van der Waals surface area contributed by atoms with Gasteiger partial charge in [0.2, 0.25) is 0 Å². The Morgan fingerprint density at radius 3 is 1.82 bits per heavy atom. The van der Waals surface area contributed by atoms with E-state index in [2.05, 4.69) is 9.97 Å². The first-order valence-electron chi connectivity index (χ1n) is 9.11. The molecule has 0 bridgehead atoms. The van der Waals surface area contributed by atoms with Crippen molar-refractivity contribution in [1.29, 1.82) is 0 Å². The van der Waals surface area contributed by atoms with Crippen LogP contribution in [0.2, 0.25) is 0 Å². The van der Waals surface area contributed by atoms with Crippen LogP contribution in [0.3, 0.4) is 0 Å². The van der Waals surface area contributed by atoms with E-state index in [0.29, 0.717) is 11.3 Å². The van der Waals surface area contributed by atoms with Crippen LogP contribution in [0.1, 0.15) is 34.5 Å². The van der Waals surface area contributed by atoms with E-state index in [0.717, 1.165) is 16.7 Å². The highest BCUT2D eigenvalue weighted by atomic mass is 16.5. The van der Waals surface area contributed by atoms with E-state index in [1.165, 1.54) is 0 Å². The molecule has 0 saturated carbocycles. The van der Waals surface area contributed by atoms with Gasteiger partial charge in [0.15, 0.2) is 6.10 Å². The maximum atomic E-state index is 10.9. The van der Waals surface area contributed by atoms with Gasteiger partial charge in [0.05, 0.1) is 0 Å². The molecule has 1 unspecified atom stereocenters. The topological polar surface area (TPSA) is 55.2 Å². The van der Waals surface area contributed by atoms with Crippen LogP contribution in [-0.2, 0) is 0 Å². The lowest BCUT2D eigenvalue weighted by Crippen LogP contribution is -2.12. The summed E-state index contributed by atoms with van der Waals surface area (Å²) in [7, 11) is 0. The number of hydrogen-bond donors (Lipinski definition) is 1. The van der Waals surface area contributed by atoms with Crippen molar-refractivity contribution in [2.75, 3.05) is 0 Å². The zero-order valence-electron chi connectivity index (χ0n) is 15.2. The van der Waals surface area contributed by atoms with Crippen LogP contribution in [0.4, 0.5) is 0 Å². The molecule has 2 aromatic heterocycles. The van der Waals surface area contributed by atoms with Gasteiger partial charge in [-0.2, -0.15) is 0 Å². The average molecular weight is 368 g/mol. The highest BCUT2D eigenvalue weighted by molar-refractivity contribution is 5.41. The van der Waals surface area contributed by atoms with Crippen molar-refractivity contribution in [2.45, 2.75) is 12.2 Å². The van der Waals surface area contributed by atoms with Gasteiger partial charge in [-0.1, -0.05) is 60.7 Å². The second-order valence-electron chi connectivity index (χ2n) is 6.42. The summed E-state index contributed by atoms with van der Waals surface area (Å²) in [5.41, 5.74) is 3.36. The number of nitrogens with zero attached hydrogens (tertiary/aromatic N) is 2. The van der Waals surface area contributed by atoms with E-state index in [4.69, 9.17) is 4.74 Å². The summed E-state index contributed by atoms with van der Waals surface area (Å²) in [6.45, 7) is 0. The Kier molecular flexibility index (Phi) is 5.41. The number of ether oxygens (including phenoxy) is 1. The lowest BCUT2D eigenvalue weighted by Gasteiger charge is -2.23. The fraction of sp³-hybridized carbons (Fsp3) is 0.0833. The Labute approximate surface area is 164 Å². The summed E-state index contributed by atoms with van der Waals surface area (Å²) >= 11 is 0. The third-order valence-electron chi connectivity index (χ3n) is 4.55. The Morgan fingerprint density at radius 1 is 0.643 bits per heavy atom. The minimum absolute atomic E-state index is 0.383. The molecule has 4 nitrogen and oxygen atoms in total. The highest BCUT2D eigenvalue weighted by Gasteiger charge is 2.21. The normalized spacial score (nSPS) is 11.9. The van der Waals surface area contributed by atoms with E-state index in [-0.39, 0.29) is 6.10 Å². The van der Waals surface area contributed by atoms with E-state index >= 15 is 0 Å². The lowest BCUT2D eigenvalue weighted by molar-refractivity contribution is 0.199. The van der Waals surface area contributed by atoms with Crippen molar-refractivity contribution < 1.29 is 9.84 Å². The van der Waals surface area contributed by atoms with Crippen LogP contribution >= 0.6 is 0 Å². The predicted molar refractivity (Wildman–Crippen MR) is 108 cm³/mol. The molecule has 138 valence electrons. The summed E-state index contributed by atoms with van der Waals surface area (Å²) < 4.78 is 6.42. The fourth-order valence-corrected chi connectivity index (χ4v) is 3.15. The molecule has 1 atom stereocenters. The van der Waals surface area contributed by atoms with Crippen LogP contribution < -0.4 is 4.74 Å². The molecule has 0 saturated heterocycles. The minimum atomic E-state index is -0.777. The van der Waals surface area contributed by atoms with Gasteiger partial charge in [-0.3, -0.25) is 9.97 Å². The minimum Gasteiger partial charge on any atom is -0.480 e. The van der Waals surface area contributed by atoms with Crippen molar-refractivity contribution in [3.8, 4) is 5.75 Å². The molecule has 4 aromatic rings. The SMILES string of the molecule is OC(c1ccccc1)c1ccccc1OC(c1cccnc1)c1cccnc1. The largest absolute Gasteiger partial charge is 0.480 e. The molecule has 2 aromatic carbocycles. The molecule has 1 N–H and O–H groups in total. The standard InChI is InChI=1S/C24H20N2O2/c27-23(18-8-2-1-3-9-18)21-12-4-5-13-22(21)28-24(19-10-6-14-25-16-19)20-11-7-15-26-17-20/h1-17,23-24,27H. The molecular weight excluding hydrogens is 348 g/mol. The van der Waals surface area contributed by atoms with Crippen molar-refractivity contribution in [2.24, 2.45) is 0 Å². The molecule has 2 heterocycles. The third kappa shape index (κ3) is 3.92. The molecule has 0 aliphatic rings. The summed E-state index contributed by atoms with van der Waals surface area (Å²) in [6, 6.07) is 24.8. The lowest BCUT2D eigenvalue weighted by atomic mass is 10.00. The smallest absolute Gasteiger partial charge is 0.152 e. The first-order valence-corrected chi connectivity index (χ1v) is 9.11. The molecular formula is C24H20N2O2. The zero-order chi connectivity index (χ0) is 19.2. The van der Waals surface area contributed by atoms with Crippen molar-refractivity contribution >= 4 is 0 Å². The van der Waals surface area contributed by atoms with E-state index < -0.39 is 6.10 Å². The van der Waals surface area contributed by atoms with Gasteiger partial charge in [0.25, 0.3) is 0 Å². The molecule has 0 radical (unpaired) electrons. The predicted octanol–water partition coefficient (Wildman–Crippen LogP) is 4.73. The molecule has 4 rings (SSSR count). The number of pyridine rings is 2. The van der Waals surface area contributed by atoms with Crippen LogP contribution in [0.15, 0.2) is 104 Å².